The van der Waals surface area contributed by atoms with Crippen molar-refractivity contribution in [3.63, 3.8) is 0 Å². The van der Waals surface area contributed by atoms with Gasteiger partial charge in [0.15, 0.2) is 5.76 Å². The third kappa shape index (κ3) is 2.95. The highest BCUT2D eigenvalue weighted by Crippen LogP contribution is 2.21. The first-order valence-corrected chi connectivity index (χ1v) is 8.05. The fourth-order valence-corrected chi connectivity index (χ4v) is 3.39. The number of nitrogens with zero attached hydrogens (tertiary/aromatic N) is 3. The second kappa shape index (κ2) is 6.24. The second-order valence-electron chi connectivity index (χ2n) is 6.12. The predicted molar refractivity (Wildman–Crippen MR) is 82.3 cm³/mol. The van der Waals surface area contributed by atoms with E-state index in [2.05, 4.69) is 20.3 Å². The maximum absolute atomic E-state index is 5.36. The lowest BCUT2D eigenvalue weighted by atomic mass is 10.2. The van der Waals surface area contributed by atoms with E-state index >= 15 is 0 Å². The summed E-state index contributed by atoms with van der Waals surface area (Å²) in [6, 6.07) is 6.46. The molecule has 2 aromatic heterocycles. The normalized spacial score (nSPS) is 24.1. The topological polar surface area (TPSA) is 57.7 Å². The van der Waals surface area contributed by atoms with Crippen LogP contribution in [0.3, 0.4) is 0 Å². The van der Waals surface area contributed by atoms with Crippen LogP contribution in [-0.2, 0) is 6.54 Å². The molecule has 2 aliphatic rings. The number of furan rings is 1. The van der Waals surface area contributed by atoms with Crippen LogP contribution < -0.4 is 5.32 Å². The Kier molecular flexibility index (Phi) is 3.97. The highest BCUT2D eigenvalue weighted by molar-refractivity contribution is 5.49. The van der Waals surface area contributed by atoms with E-state index in [0.29, 0.717) is 5.76 Å². The summed E-state index contributed by atoms with van der Waals surface area (Å²) in [5, 5.41) is 7.61. The zero-order valence-corrected chi connectivity index (χ0v) is 12.7. The molecular formula is C16H22N4O2. The van der Waals surface area contributed by atoms with E-state index in [1.54, 1.807) is 6.26 Å². The smallest absolute Gasteiger partial charge is 0.202 e. The van der Waals surface area contributed by atoms with Gasteiger partial charge < -0.3 is 14.3 Å². The van der Waals surface area contributed by atoms with E-state index < -0.39 is 0 Å². The van der Waals surface area contributed by atoms with Crippen LogP contribution in [0.1, 0.15) is 12.1 Å². The van der Waals surface area contributed by atoms with Gasteiger partial charge in [0.05, 0.1) is 12.0 Å². The van der Waals surface area contributed by atoms with Crippen LogP contribution in [0.15, 0.2) is 33.4 Å². The summed E-state index contributed by atoms with van der Waals surface area (Å²) in [6.07, 6.45) is 2.93. The van der Waals surface area contributed by atoms with Crippen LogP contribution >= 0.6 is 0 Å². The molecule has 0 spiro atoms. The van der Waals surface area contributed by atoms with E-state index in [4.69, 9.17) is 8.94 Å². The van der Waals surface area contributed by atoms with Crippen molar-refractivity contribution < 1.29 is 8.94 Å². The van der Waals surface area contributed by atoms with Crippen LogP contribution in [0.5, 0.6) is 0 Å². The molecular weight excluding hydrogens is 280 g/mol. The van der Waals surface area contributed by atoms with Crippen LogP contribution in [0, 0.1) is 0 Å². The molecule has 0 bridgehead atoms. The van der Waals surface area contributed by atoms with Gasteiger partial charge in [0.2, 0.25) is 5.76 Å². The van der Waals surface area contributed by atoms with Crippen LogP contribution in [0.2, 0.25) is 0 Å². The molecule has 22 heavy (non-hydrogen) atoms. The molecule has 4 rings (SSSR count). The Labute approximate surface area is 130 Å². The number of piperazine rings is 1. The number of rotatable bonds is 4. The van der Waals surface area contributed by atoms with Crippen LogP contribution in [0.25, 0.3) is 11.5 Å². The van der Waals surface area contributed by atoms with Crippen molar-refractivity contribution in [2.24, 2.45) is 0 Å². The summed E-state index contributed by atoms with van der Waals surface area (Å²) in [5.41, 5.74) is 0.974. The van der Waals surface area contributed by atoms with Gasteiger partial charge in [0.1, 0.15) is 0 Å². The summed E-state index contributed by atoms with van der Waals surface area (Å²) in [7, 11) is 0. The zero-order chi connectivity index (χ0) is 14.8. The molecule has 2 fully saturated rings. The molecule has 1 N–H and O–H groups in total. The Hall–Kier alpha value is -1.63. The molecule has 4 heterocycles. The summed E-state index contributed by atoms with van der Waals surface area (Å²) < 4.78 is 10.7. The highest BCUT2D eigenvalue weighted by Gasteiger charge is 2.26. The van der Waals surface area contributed by atoms with E-state index in [1.807, 2.05) is 18.2 Å². The van der Waals surface area contributed by atoms with Crippen molar-refractivity contribution in [1.82, 2.24) is 20.3 Å². The Morgan fingerprint density at radius 1 is 1.23 bits per heavy atom. The second-order valence-corrected chi connectivity index (χ2v) is 6.12. The molecule has 0 aliphatic carbocycles. The zero-order valence-electron chi connectivity index (χ0n) is 12.7. The lowest BCUT2D eigenvalue weighted by Crippen LogP contribution is -2.50. The number of hydrogen-bond acceptors (Lipinski definition) is 6. The fraction of sp³-hybridized carbons (Fsp3) is 0.562. The minimum atomic E-state index is 0.704. The summed E-state index contributed by atoms with van der Waals surface area (Å²) in [4.78, 5) is 5.07. The summed E-state index contributed by atoms with van der Waals surface area (Å²) >= 11 is 0. The van der Waals surface area contributed by atoms with E-state index in [1.165, 1.54) is 13.0 Å². The lowest BCUT2D eigenvalue weighted by molar-refractivity contribution is 0.0966. The predicted octanol–water partition coefficient (Wildman–Crippen LogP) is 1.41. The third-order valence-corrected chi connectivity index (χ3v) is 4.67. The fourth-order valence-electron chi connectivity index (χ4n) is 3.39. The molecule has 6 nitrogen and oxygen atoms in total. The van der Waals surface area contributed by atoms with Crippen LogP contribution in [0.4, 0.5) is 0 Å². The Morgan fingerprint density at radius 3 is 2.86 bits per heavy atom. The molecule has 1 unspecified atom stereocenters. The molecule has 2 aliphatic heterocycles. The van der Waals surface area contributed by atoms with Crippen molar-refractivity contribution in [1.29, 1.82) is 0 Å². The largest absolute Gasteiger partial charge is 0.461 e. The van der Waals surface area contributed by atoms with Gasteiger partial charge in [-0.3, -0.25) is 9.80 Å². The molecule has 2 saturated heterocycles. The monoisotopic (exact) mass is 302 g/mol. The maximum Gasteiger partial charge on any atom is 0.202 e. The van der Waals surface area contributed by atoms with Gasteiger partial charge in [0.25, 0.3) is 0 Å². The van der Waals surface area contributed by atoms with Gasteiger partial charge in [-0.25, -0.2) is 0 Å². The Bertz CT molecular complexity index is 581. The van der Waals surface area contributed by atoms with E-state index in [-0.39, 0.29) is 0 Å². The van der Waals surface area contributed by atoms with E-state index in [0.717, 1.165) is 56.8 Å². The number of nitrogens with one attached hydrogen (secondary N) is 1. The molecule has 0 amide bonds. The van der Waals surface area contributed by atoms with Crippen molar-refractivity contribution in [3.05, 3.63) is 30.2 Å². The number of hydrogen-bond donors (Lipinski definition) is 1. The number of aromatic nitrogens is 1. The maximum atomic E-state index is 5.36. The van der Waals surface area contributed by atoms with Gasteiger partial charge in [-0.05, 0) is 25.1 Å². The van der Waals surface area contributed by atoms with E-state index in [9.17, 15) is 0 Å². The highest BCUT2D eigenvalue weighted by atomic mass is 16.5. The van der Waals surface area contributed by atoms with Crippen molar-refractivity contribution in [3.8, 4) is 11.5 Å². The van der Waals surface area contributed by atoms with Gasteiger partial charge >= 0.3 is 0 Å². The summed E-state index contributed by atoms with van der Waals surface area (Å²) in [6.45, 7) is 7.65. The van der Waals surface area contributed by atoms with Crippen molar-refractivity contribution in [2.45, 2.75) is 19.0 Å². The average molecular weight is 302 g/mol. The average Bonchev–Trinajstić information content (AvgIpc) is 3.30. The minimum absolute atomic E-state index is 0.704. The molecule has 1 atom stereocenters. The summed E-state index contributed by atoms with van der Waals surface area (Å²) in [5.74, 6) is 1.44. The van der Waals surface area contributed by atoms with Gasteiger partial charge in [0, 0.05) is 51.4 Å². The Balaban J connectivity index is 1.31. The van der Waals surface area contributed by atoms with Gasteiger partial charge in [-0.1, -0.05) is 5.16 Å². The molecule has 118 valence electrons. The first-order chi connectivity index (χ1) is 10.9. The third-order valence-electron chi connectivity index (χ3n) is 4.67. The Morgan fingerprint density at radius 2 is 2.14 bits per heavy atom. The van der Waals surface area contributed by atoms with Crippen molar-refractivity contribution in [2.75, 3.05) is 39.3 Å². The first-order valence-electron chi connectivity index (χ1n) is 8.05. The van der Waals surface area contributed by atoms with Crippen LogP contribution in [-0.4, -0.2) is 60.3 Å². The first kappa shape index (κ1) is 14.0. The van der Waals surface area contributed by atoms with Crippen molar-refractivity contribution >= 4 is 0 Å². The molecule has 6 heteroatoms. The SMILES string of the molecule is c1coc(-c2cc(CN3CCN(C4CCNC4)CC3)no2)c1. The van der Waals surface area contributed by atoms with Gasteiger partial charge in [-0.2, -0.15) is 0 Å². The lowest BCUT2D eigenvalue weighted by Gasteiger charge is -2.37. The molecule has 0 aromatic carbocycles. The molecule has 0 saturated carbocycles. The molecule has 2 aromatic rings. The van der Waals surface area contributed by atoms with Gasteiger partial charge in [-0.15, -0.1) is 0 Å². The standard InChI is InChI=1S/C16H22N4O2/c1-2-15(21-9-1)16-10-13(18-22-16)12-19-5-7-20(8-6-19)14-3-4-17-11-14/h1-2,9-10,14,17H,3-8,11-12H2. The minimum Gasteiger partial charge on any atom is -0.461 e. The molecule has 0 radical (unpaired) electrons. The quantitative estimate of drug-likeness (QED) is 0.922.